The molecular formula is C20H17Br2N2O+. The van der Waals surface area contributed by atoms with E-state index in [-0.39, 0.29) is 0 Å². The molecule has 4 rings (SSSR count). The fraction of sp³-hybridized carbons (Fsp3) is 0.150. The molecule has 2 aromatic carbocycles. The Labute approximate surface area is 162 Å². The van der Waals surface area contributed by atoms with E-state index in [0.29, 0.717) is 13.1 Å². The molecule has 1 unspecified atom stereocenters. The maximum atomic E-state index is 10.6. The van der Waals surface area contributed by atoms with Crippen LogP contribution in [0.3, 0.4) is 0 Å². The van der Waals surface area contributed by atoms with E-state index in [2.05, 4.69) is 60.7 Å². The molecule has 0 aliphatic heterocycles. The van der Waals surface area contributed by atoms with Crippen LogP contribution in [0.15, 0.2) is 75.9 Å². The van der Waals surface area contributed by atoms with E-state index in [0.717, 1.165) is 20.0 Å². The minimum absolute atomic E-state index is 0.474. The molecule has 0 fully saturated rings. The molecule has 0 radical (unpaired) electrons. The smallest absolute Gasteiger partial charge is 0.175 e. The van der Waals surface area contributed by atoms with Crippen molar-refractivity contribution >= 4 is 53.7 Å². The molecule has 126 valence electrons. The molecule has 1 atom stereocenters. The Morgan fingerprint density at radius 1 is 0.880 bits per heavy atom. The zero-order valence-corrected chi connectivity index (χ0v) is 16.6. The Bertz CT molecular complexity index is 985. The van der Waals surface area contributed by atoms with Crippen LogP contribution in [0.2, 0.25) is 0 Å². The van der Waals surface area contributed by atoms with Gasteiger partial charge in [-0.3, -0.25) is 0 Å². The van der Waals surface area contributed by atoms with Crippen molar-refractivity contribution in [3.8, 4) is 0 Å². The van der Waals surface area contributed by atoms with Crippen molar-refractivity contribution in [3.05, 3.63) is 75.9 Å². The van der Waals surface area contributed by atoms with E-state index in [9.17, 15) is 5.11 Å². The van der Waals surface area contributed by atoms with Crippen molar-refractivity contribution in [1.82, 2.24) is 4.57 Å². The van der Waals surface area contributed by atoms with E-state index in [1.165, 1.54) is 10.8 Å². The Morgan fingerprint density at radius 2 is 1.44 bits per heavy atom. The normalized spacial score (nSPS) is 12.8. The van der Waals surface area contributed by atoms with Gasteiger partial charge in [0.25, 0.3) is 0 Å². The number of hydrogen-bond donors (Lipinski definition) is 1. The summed E-state index contributed by atoms with van der Waals surface area (Å²) in [6.07, 6.45) is 3.48. The Morgan fingerprint density at radius 3 is 2.00 bits per heavy atom. The lowest BCUT2D eigenvalue weighted by Gasteiger charge is -2.12. The van der Waals surface area contributed by atoms with Crippen molar-refractivity contribution < 1.29 is 9.67 Å². The molecule has 0 saturated carbocycles. The van der Waals surface area contributed by atoms with E-state index < -0.39 is 6.10 Å². The molecule has 0 saturated heterocycles. The largest absolute Gasteiger partial charge is 0.385 e. The highest BCUT2D eigenvalue weighted by Gasteiger charge is 2.17. The van der Waals surface area contributed by atoms with Gasteiger partial charge in [-0.15, -0.1) is 0 Å². The van der Waals surface area contributed by atoms with Crippen LogP contribution in [0.5, 0.6) is 0 Å². The predicted octanol–water partition coefficient (Wildman–Crippen LogP) is 4.67. The lowest BCUT2D eigenvalue weighted by atomic mass is 10.2. The second kappa shape index (κ2) is 6.90. The van der Waals surface area contributed by atoms with Crippen LogP contribution >= 0.6 is 31.9 Å². The Kier molecular flexibility index (Phi) is 4.63. The Balaban J connectivity index is 1.77. The van der Waals surface area contributed by atoms with Gasteiger partial charge in [0.2, 0.25) is 0 Å². The fourth-order valence-corrected chi connectivity index (χ4v) is 4.04. The lowest BCUT2D eigenvalue weighted by molar-refractivity contribution is -0.703. The molecule has 2 heterocycles. The zero-order chi connectivity index (χ0) is 17.4. The number of rotatable bonds is 4. The van der Waals surface area contributed by atoms with Crippen LogP contribution in [-0.2, 0) is 13.1 Å². The Hall–Kier alpha value is -1.69. The monoisotopic (exact) mass is 459 g/mol. The van der Waals surface area contributed by atoms with Crippen molar-refractivity contribution in [1.29, 1.82) is 0 Å². The first-order chi connectivity index (χ1) is 12.1. The van der Waals surface area contributed by atoms with Crippen molar-refractivity contribution in [2.24, 2.45) is 0 Å². The summed E-state index contributed by atoms with van der Waals surface area (Å²) in [5, 5.41) is 13.0. The summed E-state index contributed by atoms with van der Waals surface area (Å²) in [6.45, 7) is 1.11. The molecule has 5 heteroatoms. The van der Waals surface area contributed by atoms with E-state index in [4.69, 9.17) is 0 Å². The van der Waals surface area contributed by atoms with Crippen LogP contribution in [0.4, 0.5) is 0 Å². The highest BCUT2D eigenvalue weighted by atomic mass is 79.9. The van der Waals surface area contributed by atoms with Crippen LogP contribution < -0.4 is 4.57 Å². The van der Waals surface area contributed by atoms with E-state index in [1.54, 1.807) is 0 Å². The maximum Gasteiger partial charge on any atom is 0.175 e. The van der Waals surface area contributed by atoms with Crippen molar-refractivity contribution in [2.45, 2.75) is 19.2 Å². The number of aliphatic hydroxyl groups excluding tert-OH is 1. The van der Waals surface area contributed by atoms with Crippen molar-refractivity contribution in [3.63, 3.8) is 0 Å². The molecular weight excluding hydrogens is 444 g/mol. The topological polar surface area (TPSA) is 29.0 Å². The van der Waals surface area contributed by atoms with Gasteiger partial charge in [-0.1, -0.05) is 37.9 Å². The number of fused-ring (bicyclic) bond motifs is 3. The molecule has 0 aliphatic rings. The summed E-state index contributed by atoms with van der Waals surface area (Å²) in [5.74, 6) is 0. The zero-order valence-electron chi connectivity index (χ0n) is 13.4. The number of aromatic nitrogens is 2. The third-order valence-electron chi connectivity index (χ3n) is 4.38. The number of hydrogen-bond acceptors (Lipinski definition) is 1. The van der Waals surface area contributed by atoms with Crippen molar-refractivity contribution in [2.75, 3.05) is 0 Å². The molecule has 0 amide bonds. The molecule has 2 aromatic heterocycles. The third-order valence-corrected chi connectivity index (χ3v) is 5.37. The molecule has 4 aromatic rings. The summed E-state index contributed by atoms with van der Waals surface area (Å²) in [7, 11) is 0. The molecule has 3 nitrogen and oxygen atoms in total. The van der Waals surface area contributed by atoms with Gasteiger partial charge in [0.15, 0.2) is 18.9 Å². The second-order valence-electron chi connectivity index (χ2n) is 6.16. The first kappa shape index (κ1) is 16.8. The van der Waals surface area contributed by atoms with Gasteiger partial charge < -0.3 is 9.67 Å². The van der Waals surface area contributed by atoms with Crippen LogP contribution in [0, 0.1) is 0 Å². The summed E-state index contributed by atoms with van der Waals surface area (Å²) in [5.41, 5.74) is 2.27. The average molecular weight is 461 g/mol. The van der Waals surface area contributed by atoms with Gasteiger partial charge in [0.1, 0.15) is 6.10 Å². The average Bonchev–Trinajstić information content (AvgIpc) is 2.88. The standard InChI is InChI=1S/C20H17Br2N2O/c21-14-4-6-19-17(10-14)18-11-15(22)5-7-20(18)24(19)13-16(25)12-23-8-2-1-3-9-23/h1-11,16,25H,12-13H2/q+1. The number of nitrogens with zero attached hydrogens (tertiary/aromatic N) is 2. The van der Waals surface area contributed by atoms with Gasteiger partial charge in [-0.2, -0.15) is 0 Å². The summed E-state index contributed by atoms with van der Waals surface area (Å²) in [4.78, 5) is 0. The van der Waals surface area contributed by atoms with Gasteiger partial charge in [0.05, 0.1) is 6.54 Å². The van der Waals surface area contributed by atoms with Gasteiger partial charge in [-0.25, -0.2) is 4.57 Å². The molecule has 1 N–H and O–H groups in total. The fourth-order valence-electron chi connectivity index (χ4n) is 3.31. The first-order valence-electron chi connectivity index (χ1n) is 8.11. The SMILES string of the molecule is OC(Cn1c2ccc(Br)cc2c2cc(Br)ccc21)C[n+]1ccccc1. The van der Waals surface area contributed by atoms with Gasteiger partial charge in [0, 0.05) is 42.9 Å². The number of halogens is 2. The summed E-state index contributed by atoms with van der Waals surface area (Å²) >= 11 is 7.13. The minimum atomic E-state index is -0.474. The summed E-state index contributed by atoms with van der Waals surface area (Å²) < 4.78 is 6.32. The highest BCUT2D eigenvalue weighted by molar-refractivity contribution is 9.10. The molecule has 0 bridgehead atoms. The molecule has 0 aliphatic carbocycles. The predicted molar refractivity (Wildman–Crippen MR) is 107 cm³/mol. The number of aliphatic hydroxyl groups is 1. The molecule has 0 spiro atoms. The summed E-state index contributed by atoms with van der Waals surface area (Å²) in [6, 6.07) is 18.5. The lowest BCUT2D eigenvalue weighted by Crippen LogP contribution is -2.40. The molecule has 25 heavy (non-hydrogen) atoms. The second-order valence-corrected chi connectivity index (χ2v) is 7.99. The van der Waals surface area contributed by atoms with E-state index in [1.807, 2.05) is 47.3 Å². The van der Waals surface area contributed by atoms with Crippen LogP contribution in [-0.4, -0.2) is 15.8 Å². The minimum Gasteiger partial charge on any atom is -0.385 e. The third kappa shape index (κ3) is 3.36. The number of pyridine rings is 1. The highest BCUT2D eigenvalue weighted by Crippen LogP contribution is 2.33. The van der Waals surface area contributed by atoms with Crippen LogP contribution in [0.1, 0.15) is 0 Å². The maximum absolute atomic E-state index is 10.6. The van der Waals surface area contributed by atoms with Crippen LogP contribution in [0.25, 0.3) is 21.8 Å². The van der Waals surface area contributed by atoms with Gasteiger partial charge >= 0.3 is 0 Å². The quantitative estimate of drug-likeness (QED) is 0.440. The van der Waals surface area contributed by atoms with Gasteiger partial charge in [-0.05, 0) is 36.4 Å². The number of benzene rings is 2. The first-order valence-corrected chi connectivity index (χ1v) is 9.69. The van der Waals surface area contributed by atoms with E-state index >= 15 is 0 Å².